The Morgan fingerprint density at radius 1 is 1.14 bits per heavy atom. The van der Waals surface area contributed by atoms with Gasteiger partial charge < -0.3 is 14.9 Å². The number of halogens is 3. The second-order valence-corrected chi connectivity index (χ2v) is 7.78. The van der Waals surface area contributed by atoms with Gasteiger partial charge in [0.1, 0.15) is 5.75 Å². The molecular formula is C22H25F3N2O2. The number of nitrogens with zero attached hydrogens (tertiary/aromatic N) is 2. The lowest BCUT2D eigenvalue weighted by molar-refractivity contribution is -0.138. The lowest BCUT2D eigenvalue weighted by Crippen LogP contribution is -2.40. The van der Waals surface area contributed by atoms with E-state index in [1.165, 1.54) is 23.1 Å². The molecule has 2 atom stereocenters. The van der Waals surface area contributed by atoms with Gasteiger partial charge in [-0.3, -0.25) is 4.79 Å². The van der Waals surface area contributed by atoms with Gasteiger partial charge in [0.2, 0.25) is 5.91 Å². The van der Waals surface area contributed by atoms with Crippen molar-refractivity contribution >= 4 is 11.6 Å². The van der Waals surface area contributed by atoms with Crippen LogP contribution < -0.4 is 4.90 Å². The third-order valence-corrected chi connectivity index (χ3v) is 5.52. The molecule has 156 valence electrons. The van der Waals surface area contributed by atoms with Crippen LogP contribution in [0.2, 0.25) is 0 Å². The van der Waals surface area contributed by atoms with E-state index in [-0.39, 0.29) is 23.6 Å². The number of alkyl halides is 3. The number of carbonyl (C=O) groups excluding carboxylic acids is 1. The number of rotatable bonds is 4. The molecule has 0 saturated heterocycles. The first-order chi connectivity index (χ1) is 13.6. The fraction of sp³-hybridized carbons (Fsp3) is 0.409. The van der Waals surface area contributed by atoms with E-state index in [4.69, 9.17) is 0 Å². The molecule has 1 aliphatic rings. The highest BCUT2D eigenvalue weighted by atomic mass is 19.4. The molecule has 0 radical (unpaired) electrons. The molecule has 0 aliphatic carbocycles. The Morgan fingerprint density at radius 2 is 1.79 bits per heavy atom. The van der Waals surface area contributed by atoms with Crippen molar-refractivity contribution in [2.24, 2.45) is 5.92 Å². The Morgan fingerprint density at radius 3 is 2.38 bits per heavy atom. The van der Waals surface area contributed by atoms with Crippen LogP contribution in [0.4, 0.5) is 18.9 Å². The van der Waals surface area contributed by atoms with E-state index in [1.54, 1.807) is 25.1 Å². The molecular weight excluding hydrogens is 381 g/mol. The van der Waals surface area contributed by atoms with Gasteiger partial charge in [-0.2, -0.15) is 13.2 Å². The molecule has 0 saturated carbocycles. The van der Waals surface area contributed by atoms with Gasteiger partial charge in [-0.1, -0.05) is 25.1 Å². The molecule has 7 heteroatoms. The molecule has 1 amide bonds. The lowest BCUT2D eigenvalue weighted by atomic mass is 9.82. The molecule has 0 fully saturated rings. The number of likely N-dealkylation sites (N-methyl/N-ethyl adjacent to an activating group) is 1. The van der Waals surface area contributed by atoms with Gasteiger partial charge in [0.15, 0.2) is 0 Å². The molecule has 0 spiro atoms. The summed E-state index contributed by atoms with van der Waals surface area (Å²) in [6.07, 6.45) is -4.41. The fourth-order valence-corrected chi connectivity index (χ4v) is 3.90. The second-order valence-electron chi connectivity index (χ2n) is 7.78. The number of fused-ring (bicyclic) bond motifs is 1. The zero-order chi connectivity index (χ0) is 21.3. The van der Waals surface area contributed by atoms with E-state index < -0.39 is 23.6 Å². The van der Waals surface area contributed by atoms with Crippen molar-refractivity contribution in [3.63, 3.8) is 0 Å². The fourth-order valence-electron chi connectivity index (χ4n) is 3.90. The normalized spacial score (nSPS) is 20.0. The molecule has 29 heavy (non-hydrogen) atoms. The maximum Gasteiger partial charge on any atom is 0.416 e. The van der Waals surface area contributed by atoms with Gasteiger partial charge in [-0.15, -0.1) is 0 Å². The Balaban J connectivity index is 2.15. The molecule has 0 aromatic heterocycles. The number of phenolic OH excluding ortho intramolecular Hbond substituents is 1. The highest BCUT2D eigenvalue weighted by Gasteiger charge is 2.40. The number of hydrogen-bond donors (Lipinski definition) is 1. The van der Waals surface area contributed by atoms with Crippen LogP contribution in [0.5, 0.6) is 5.75 Å². The Bertz CT molecular complexity index is 879. The van der Waals surface area contributed by atoms with Gasteiger partial charge in [0, 0.05) is 24.7 Å². The lowest BCUT2D eigenvalue weighted by Gasteiger charge is -2.28. The Hall–Kier alpha value is -2.54. The topological polar surface area (TPSA) is 43.8 Å². The minimum atomic E-state index is -4.51. The monoisotopic (exact) mass is 406 g/mol. The van der Waals surface area contributed by atoms with E-state index in [0.717, 1.165) is 11.6 Å². The van der Waals surface area contributed by atoms with Crippen LogP contribution in [0.25, 0.3) is 0 Å². The van der Waals surface area contributed by atoms with Crippen LogP contribution >= 0.6 is 0 Å². The number of aromatic hydroxyl groups is 1. The molecule has 0 unspecified atom stereocenters. The van der Waals surface area contributed by atoms with Crippen molar-refractivity contribution < 1.29 is 23.1 Å². The zero-order valence-electron chi connectivity index (χ0n) is 16.7. The Labute approximate surface area is 168 Å². The van der Waals surface area contributed by atoms with Crippen molar-refractivity contribution in [2.45, 2.75) is 25.4 Å². The first kappa shape index (κ1) is 21.2. The van der Waals surface area contributed by atoms with Crippen LogP contribution in [0.15, 0.2) is 42.5 Å². The average Bonchev–Trinajstić information content (AvgIpc) is 2.75. The molecule has 2 aromatic carbocycles. The number of hydrogen-bond acceptors (Lipinski definition) is 3. The maximum absolute atomic E-state index is 13.8. The Kier molecular flexibility index (Phi) is 5.89. The molecule has 3 rings (SSSR count). The van der Waals surface area contributed by atoms with Crippen LogP contribution in [0.1, 0.15) is 29.5 Å². The smallest absolute Gasteiger partial charge is 0.416 e. The summed E-state index contributed by atoms with van der Waals surface area (Å²) in [5.41, 5.74) is 0.519. The third kappa shape index (κ3) is 4.40. The van der Waals surface area contributed by atoms with Crippen molar-refractivity contribution in [1.82, 2.24) is 4.90 Å². The van der Waals surface area contributed by atoms with Crippen molar-refractivity contribution in [3.8, 4) is 5.75 Å². The van der Waals surface area contributed by atoms with E-state index in [9.17, 15) is 23.1 Å². The first-order valence-electron chi connectivity index (χ1n) is 9.53. The van der Waals surface area contributed by atoms with Gasteiger partial charge in [0.05, 0.1) is 5.56 Å². The molecule has 2 aromatic rings. The summed E-state index contributed by atoms with van der Waals surface area (Å²) in [5.74, 6) is -1.04. The zero-order valence-corrected chi connectivity index (χ0v) is 16.7. The number of carbonyl (C=O) groups is 1. The summed E-state index contributed by atoms with van der Waals surface area (Å²) in [7, 11) is 3.72. The SMILES string of the molecule is C[C@@H]1C(=O)N(CCN(C)C)c2cccc(C(F)(F)F)c2C[C@H]1c1ccc(O)cc1. The highest BCUT2D eigenvalue weighted by Crippen LogP contribution is 2.43. The summed E-state index contributed by atoms with van der Waals surface area (Å²) in [6, 6.07) is 10.4. The highest BCUT2D eigenvalue weighted by molar-refractivity contribution is 5.97. The minimum Gasteiger partial charge on any atom is -0.508 e. The van der Waals surface area contributed by atoms with Crippen molar-refractivity contribution in [1.29, 1.82) is 0 Å². The summed E-state index contributed by atoms with van der Waals surface area (Å²) in [5, 5.41) is 9.57. The summed E-state index contributed by atoms with van der Waals surface area (Å²) >= 11 is 0. The number of phenols is 1. The largest absolute Gasteiger partial charge is 0.508 e. The van der Waals surface area contributed by atoms with E-state index in [0.29, 0.717) is 18.8 Å². The van der Waals surface area contributed by atoms with E-state index >= 15 is 0 Å². The summed E-state index contributed by atoms with van der Waals surface area (Å²) in [4.78, 5) is 16.7. The number of anilines is 1. The van der Waals surface area contributed by atoms with Gasteiger partial charge in [0.25, 0.3) is 0 Å². The first-order valence-corrected chi connectivity index (χ1v) is 9.53. The molecule has 0 bridgehead atoms. The average molecular weight is 406 g/mol. The summed E-state index contributed by atoms with van der Waals surface area (Å²) in [6.45, 7) is 2.62. The third-order valence-electron chi connectivity index (χ3n) is 5.52. The molecule has 1 heterocycles. The predicted octanol–water partition coefficient (Wildman–Crippen LogP) is 4.28. The van der Waals surface area contributed by atoms with E-state index in [1.807, 2.05) is 19.0 Å². The van der Waals surface area contributed by atoms with Crippen LogP contribution in [0, 0.1) is 5.92 Å². The van der Waals surface area contributed by atoms with Gasteiger partial charge in [-0.05, 0) is 61.8 Å². The number of amides is 1. The second kappa shape index (κ2) is 8.06. The minimum absolute atomic E-state index is 0.0744. The standard InChI is InChI=1S/C22H25F3N2O2/c1-14-17(15-7-9-16(28)10-8-15)13-18-19(22(23,24)25)5-4-6-20(18)27(21(14)29)12-11-26(2)3/h4-10,14,17,28H,11-13H2,1-3H3/t14-,17+/m0/s1. The molecule has 1 aliphatic heterocycles. The van der Waals surface area contributed by atoms with E-state index in [2.05, 4.69) is 0 Å². The predicted molar refractivity (Wildman–Crippen MR) is 106 cm³/mol. The van der Waals surface area contributed by atoms with Crippen molar-refractivity contribution in [3.05, 3.63) is 59.2 Å². The van der Waals surface area contributed by atoms with Crippen LogP contribution in [-0.2, 0) is 17.4 Å². The molecule has 1 N–H and O–H groups in total. The maximum atomic E-state index is 13.8. The van der Waals surface area contributed by atoms with Crippen molar-refractivity contribution in [2.75, 3.05) is 32.1 Å². The number of benzene rings is 2. The van der Waals surface area contributed by atoms with Gasteiger partial charge in [-0.25, -0.2) is 0 Å². The van der Waals surface area contributed by atoms with Crippen LogP contribution in [0.3, 0.4) is 0 Å². The summed E-state index contributed by atoms with van der Waals surface area (Å²) < 4.78 is 41.3. The quantitative estimate of drug-likeness (QED) is 0.824. The van der Waals surface area contributed by atoms with Crippen LogP contribution in [-0.4, -0.2) is 43.1 Å². The molecule has 4 nitrogen and oxygen atoms in total. The van der Waals surface area contributed by atoms with Gasteiger partial charge >= 0.3 is 6.18 Å².